The maximum absolute atomic E-state index is 13.5. The highest BCUT2D eigenvalue weighted by molar-refractivity contribution is 7.22. The Balaban J connectivity index is 0.00000432. The molecule has 0 aliphatic carbocycles. The van der Waals surface area contributed by atoms with E-state index in [0.717, 1.165) is 18.2 Å². The summed E-state index contributed by atoms with van der Waals surface area (Å²) in [6.45, 7) is 0.897. The van der Waals surface area contributed by atoms with Crippen LogP contribution in [0.1, 0.15) is 16.8 Å². The highest BCUT2D eigenvalue weighted by Gasteiger charge is 2.27. The normalized spacial score (nSPS) is 10.7. The van der Waals surface area contributed by atoms with Gasteiger partial charge in [0, 0.05) is 18.7 Å². The van der Waals surface area contributed by atoms with Crippen molar-refractivity contribution in [2.75, 3.05) is 46.3 Å². The van der Waals surface area contributed by atoms with Gasteiger partial charge < -0.3 is 14.4 Å². The molecular formula is C21H24ClN5O7S. The van der Waals surface area contributed by atoms with Crippen molar-refractivity contribution in [3.8, 4) is 11.5 Å². The first-order chi connectivity index (χ1) is 16.2. The van der Waals surface area contributed by atoms with Gasteiger partial charge in [-0.15, -0.1) is 12.4 Å². The first kappa shape index (κ1) is 27.7. The zero-order valence-corrected chi connectivity index (χ0v) is 21.1. The van der Waals surface area contributed by atoms with Crippen LogP contribution in [0.2, 0.25) is 0 Å². The lowest BCUT2D eigenvalue weighted by Crippen LogP contribution is -2.33. The molecule has 14 heteroatoms. The lowest BCUT2D eigenvalue weighted by molar-refractivity contribution is -0.394. The molecule has 0 aliphatic heterocycles. The largest absolute Gasteiger partial charge is 0.495 e. The number of fused-ring (bicyclic) bond motifs is 1. The van der Waals surface area contributed by atoms with Gasteiger partial charge in [0.25, 0.3) is 17.3 Å². The number of amides is 1. The van der Waals surface area contributed by atoms with E-state index in [9.17, 15) is 25.0 Å². The van der Waals surface area contributed by atoms with Gasteiger partial charge in [0.05, 0.1) is 35.7 Å². The van der Waals surface area contributed by atoms with E-state index in [0.29, 0.717) is 39.8 Å². The molecule has 0 bridgehead atoms. The number of non-ortho nitro benzene ring substituents is 2. The molecule has 188 valence electrons. The average Bonchev–Trinajstić information content (AvgIpc) is 3.25. The van der Waals surface area contributed by atoms with Gasteiger partial charge >= 0.3 is 0 Å². The highest BCUT2D eigenvalue weighted by atomic mass is 35.5. The molecule has 0 spiro atoms. The summed E-state index contributed by atoms with van der Waals surface area (Å²) in [6, 6.07) is 6.31. The molecule has 1 heterocycles. The molecule has 0 N–H and O–H groups in total. The summed E-state index contributed by atoms with van der Waals surface area (Å²) in [5, 5.41) is 22.9. The SMILES string of the molecule is COc1ccc(OC)c2sc(N(CCCN(C)C)C(=O)c3cc([N+](=O)[O-])cc([N+](=O)[O-])c3)nc12.Cl. The second-order valence-electron chi connectivity index (χ2n) is 7.51. The van der Waals surface area contributed by atoms with Crippen LogP contribution in [0, 0.1) is 20.2 Å². The van der Waals surface area contributed by atoms with E-state index >= 15 is 0 Å². The molecule has 1 aromatic heterocycles. The number of carbonyl (C=O) groups is 1. The molecule has 1 amide bonds. The minimum atomic E-state index is -0.770. The van der Waals surface area contributed by atoms with Crippen molar-refractivity contribution in [3.63, 3.8) is 0 Å². The number of ether oxygens (including phenoxy) is 2. The number of carbonyl (C=O) groups excluding carboxylic acids is 1. The zero-order valence-electron chi connectivity index (χ0n) is 19.4. The van der Waals surface area contributed by atoms with E-state index in [4.69, 9.17) is 9.47 Å². The molecule has 2 aromatic carbocycles. The van der Waals surface area contributed by atoms with Gasteiger partial charge in [-0.2, -0.15) is 0 Å². The van der Waals surface area contributed by atoms with Gasteiger partial charge in [-0.05, 0) is 39.2 Å². The van der Waals surface area contributed by atoms with Crippen molar-refractivity contribution >= 4 is 56.4 Å². The fraction of sp³-hybridized carbons (Fsp3) is 0.333. The maximum Gasteiger partial charge on any atom is 0.277 e. The molecule has 0 saturated carbocycles. The number of aromatic nitrogens is 1. The van der Waals surface area contributed by atoms with Crippen molar-refractivity contribution in [1.29, 1.82) is 0 Å². The van der Waals surface area contributed by atoms with Crippen molar-refractivity contribution in [3.05, 3.63) is 56.1 Å². The number of rotatable bonds is 10. The van der Waals surface area contributed by atoms with Crippen LogP contribution in [0.25, 0.3) is 10.2 Å². The molecule has 35 heavy (non-hydrogen) atoms. The van der Waals surface area contributed by atoms with Crippen LogP contribution < -0.4 is 14.4 Å². The van der Waals surface area contributed by atoms with Crippen LogP contribution >= 0.6 is 23.7 Å². The number of hydrogen-bond donors (Lipinski definition) is 0. The first-order valence-corrected chi connectivity index (χ1v) is 10.9. The molecular weight excluding hydrogens is 502 g/mol. The molecule has 3 rings (SSSR count). The Morgan fingerprint density at radius 3 is 2.09 bits per heavy atom. The third kappa shape index (κ3) is 6.12. The second kappa shape index (κ2) is 11.7. The van der Waals surface area contributed by atoms with Crippen molar-refractivity contribution in [2.45, 2.75) is 6.42 Å². The maximum atomic E-state index is 13.5. The number of anilines is 1. The number of benzene rings is 2. The van der Waals surface area contributed by atoms with E-state index in [1.165, 1.54) is 30.5 Å². The Kier molecular flexibility index (Phi) is 9.28. The van der Waals surface area contributed by atoms with Gasteiger partial charge in [0.2, 0.25) is 0 Å². The van der Waals surface area contributed by atoms with Crippen LogP contribution in [0.5, 0.6) is 11.5 Å². The molecule has 0 saturated heterocycles. The van der Waals surface area contributed by atoms with E-state index in [1.54, 1.807) is 12.1 Å². The molecule has 0 unspecified atom stereocenters. The zero-order chi connectivity index (χ0) is 25.0. The standard InChI is InChI=1S/C21H23N5O7S.ClH/c1-23(2)8-5-9-24(20(27)13-10-14(25(28)29)12-15(11-13)26(30)31)21-22-18-16(32-3)6-7-17(33-4)19(18)34-21;/h6-7,10-12H,5,8-9H2,1-4H3;1H. The van der Waals surface area contributed by atoms with E-state index in [-0.39, 0.29) is 24.5 Å². The molecule has 0 fully saturated rings. The minimum absolute atomic E-state index is 0. The monoisotopic (exact) mass is 525 g/mol. The number of hydrogen-bond acceptors (Lipinski definition) is 10. The number of nitrogens with zero attached hydrogens (tertiary/aromatic N) is 5. The Hall–Kier alpha value is -3.55. The number of nitro benzene ring substituents is 2. The van der Waals surface area contributed by atoms with Crippen LogP contribution in [0.3, 0.4) is 0 Å². The fourth-order valence-electron chi connectivity index (χ4n) is 3.30. The highest BCUT2D eigenvalue weighted by Crippen LogP contribution is 2.40. The quantitative estimate of drug-likeness (QED) is 0.282. The number of methoxy groups -OCH3 is 2. The van der Waals surface area contributed by atoms with Gasteiger partial charge in [0.1, 0.15) is 21.7 Å². The van der Waals surface area contributed by atoms with Crippen molar-refractivity contribution < 1.29 is 24.1 Å². The van der Waals surface area contributed by atoms with E-state index in [2.05, 4.69) is 4.98 Å². The number of halogens is 1. The van der Waals surface area contributed by atoms with Gasteiger partial charge in [-0.3, -0.25) is 29.9 Å². The minimum Gasteiger partial charge on any atom is -0.495 e. The van der Waals surface area contributed by atoms with Crippen LogP contribution in [0.15, 0.2) is 30.3 Å². The van der Waals surface area contributed by atoms with Crippen LogP contribution in [0.4, 0.5) is 16.5 Å². The summed E-state index contributed by atoms with van der Waals surface area (Å²) in [5.41, 5.74) is -0.766. The van der Waals surface area contributed by atoms with E-state index in [1.807, 2.05) is 19.0 Å². The smallest absolute Gasteiger partial charge is 0.277 e. The third-order valence-corrected chi connectivity index (χ3v) is 6.03. The Bertz CT molecular complexity index is 1180. The molecule has 12 nitrogen and oxygen atoms in total. The summed E-state index contributed by atoms with van der Waals surface area (Å²) in [6.07, 6.45) is 0.569. The fourth-order valence-corrected chi connectivity index (χ4v) is 4.40. The number of thiazole rings is 1. The lowest BCUT2D eigenvalue weighted by atomic mass is 10.1. The van der Waals surface area contributed by atoms with Gasteiger partial charge in [-0.25, -0.2) is 4.98 Å². The van der Waals surface area contributed by atoms with E-state index < -0.39 is 27.1 Å². The Labute approximate surface area is 210 Å². The third-order valence-electron chi connectivity index (χ3n) is 4.93. The van der Waals surface area contributed by atoms with Crippen molar-refractivity contribution in [1.82, 2.24) is 9.88 Å². The Morgan fingerprint density at radius 1 is 1.00 bits per heavy atom. The average molecular weight is 526 g/mol. The summed E-state index contributed by atoms with van der Waals surface area (Å²) in [4.78, 5) is 42.5. The molecule has 0 atom stereocenters. The number of nitro groups is 2. The molecule has 0 aliphatic rings. The topological polar surface area (TPSA) is 141 Å². The van der Waals surface area contributed by atoms with Gasteiger partial charge in [-0.1, -0.05) is 11.3 Å². The lowest BCUT2D eigenvalue weighted by Gasteiger charge is -2.21. The summed E-state index contributed by atoms with van der Waals surface area (Å²) < 4.78 is 11.5. The second-order valence-corrected chi connectivity index (χ2v) is 8.49. The van der Waals surface area contributed by atoms with Crippen LogP contribution in [-0.4, -0.2) is 67.0 Å². The van der Waals surface area contributed by atoms with Gasteiger partial charge in [0.15, 0.2) is 5.13 Å². The predicted octanol–water partition coefficient (Wildman–Crippen LogP) is 4.15. The molecule has 0 radical (unpaired) electrons. The summed E-state index contributed by atoms with van der Waals surface area (Å²) in [5.74, 6) is 0.402. The first-order valence-electron chi connectivity index (χ1n) is 10.1. The summed E-state index contributed by atoms with van der Waals surface area (Å²) >= 11 is 1.20. The van der Waals surface area contributed by atoms with Crippen molar-refractivity contribution in [2.24, 2.45) is 0 Å². The Morgan fingerprint density at radius 2 is 1.57 bits per heavy atom. The molecule has 3 aromatic rings. The summed E-state index contributed by atoms with van der Waals surface area (Å²) in [7, 11) is 6.80. The predicted molar refractivity (Wildman–Crippen MR) is 135 cm³/mol. The van der Waals surface area contributed by atoms with Crippen LogP contribution in [-0.2, 0) is 0 Å².